The van der Waals surface area contributed by atoms with E-state index in [2.05, 4.69) is 191 Å². The smallest absolute Gasteiger partial charge is 0.0555 e. The van der Waals surface area contributed by atoms with Gasteiger partial charge in [-0.15, -0.1) is 11.3 Å². The number of fused-ring (bicyclic) bond motifs is 9. The molecule has 0 atom stereocenters. The summed E-state index contributed by atoms with van der Waals surface area (Å²) in [5, 5.41) is 7.66. The fraction of sp³-hybridized carbons (Fsp3) is 0. The highest BCUT2D eigenvalue weighted by Crippen LogP contribution is 2.43. The molecule has 0 aliphatic heterocycles. The molecule has 0 saturated heterocycles. The SMILES string of the molecule is c1ccc(-c2ccc3c(c2)c2cc(-c4ccc5c(c4)c4ccccc4n5-c4ccccc4)ccc2n3-c2cccc3sc4ccccc4c23)cc1. The van der Waals surface area contributed by atoms with E-state index in [9.17, 15) is 0 Å². The van der Waals surface area contributed by atoms with Gasteiger partial charge in [-0.3, -0.25) is 0 Å². The van der Waals surface area contributed by atoms with Crippen molar-refractivity contribution in [1.29, 1.82) is 0 Å². The molecule has 8 aromatic carbocycles. The number of aromatic nitrogens is 2. The molecular formula is C48H30N2S. The number of benzene rings is 8. The van der Waals surface area contributed by atoms with E-state index in [0.29, 0.717) is 0 Å². The van der Waals surface area contributed by atoms with Crippen LogP contribution >= 0.6 is 11.3 Å². The molecule has 3 heteroatoms. The van der Waals surface area contributed by atoms with Crippen LogP contribution in [0, 0.1) is 0 Å². The maximum Gasteiger partial charge on any atom is 0.0555 e. The van der Waals surface area contributed by atoms with Crippen molar-refractivity contribution in [3.05, 3.63) is 182 Å². The van der Waals surface area contributed by atoms with Gasteiger partial charge in [0, 0.05) is 47.4 Å². The van der Waals surface area contributed by atoms with Gasteiger partial charge in [-0.1, -0.05) is 109 Å². The van der Waals surface area contributed by atoms with Gasteiger partial charge in [0.05, 0.1) is 27.8 Å². The van der Waals surface area contributed by atoms with Crippen LogP contribution in [0.5, 0.6) is 0 Å². The Morgan fingerprint density at radius 2 is 0.824 bits per heavy atom. The molecule has 3 aromatic heterocycles. The van der Waals surface area contributed by atoms with Gasteiger partial charge in [0.25, 0.3) is 0 Å². The molecule has 51 heavy (non-hydrogen) atoms. The van der Waals surface area contributed by atoms with E-state index in [4.69, 9.17) is 0 Å². The average Bonchev–Trinajstić information content (AvgIpc) is 3.85. The third kappa shape index (κ3) is 4.29. The van der Waals surface area contributed by atoms with E-state index < -0.39 is 0 Å². The van der Waals surface area contributed by atoms with Crippen LogP contribution in [-0.2, 0) is 0 Å². The zero-order chi connectivity index (χ0) is 33.5. The van der Waals surface area contributed by atoms with Gasteiger partial charge in [0.2, 0.25) is 0 Å². The summed E-state index contributed by atoms with van der Waals surface area (Å²) in [6.45, 7) is 0. The third-order valence-corrected chi connectivity index (χ3v) is 11.6. The van der Waals surface area contributed by atoms with Crippen molar-refractivity contribution in [3.8, 4) is 33.6 Å². The molecule has 0 amide bonds. The van der Waals surface area contributed by atoms with Crippen molar-refractivity contribution in [2.45, 2.75) is 0 Å². The van der Waals surface area contributed by atoms with Gasteiger partial charge in [-0.25, -0.2) is 0 Å². The highest BCUT2D eigenvalue weighted by molar-refractivity contribution is 7.25. The van der Waals surface area contributed by atoms with Crippen molar-refractivity contribution in [2.75, 3.05) is 0 Å². The molecule has 11 aromatic rings. The van der Waals surface area contributed by atoms with E-state index in [0.717, 1.165) is 0 Å². The highest BCUT2D eigenvalue weighted by Gasteiger charge is 2.19. The molecular weight excluding hydrogens is 637 g/mol. The molecule has 11 rings (SSSR count). The Morgan fingerprint density at radius 3 is 1.53 bits per heavy atom. The summed E-state index contributed by atoms with van der Waals surface area (Å²) in [6, 6.07) is 66.7. The number of thiophene rings is 1. The molecule has 0 aliphatic carbocycles. The Hall–Kier alpha value is -6.42. The topological polar surface area (TPSA) is 9.86 Å². The van der Waals surface area contributed by atoms with Gasteiger partial charge in [-0.2, -0.15) is 0 Å². The molecule has 0 fully saturated rings. The molecule has 0 bridgehead atoms. The van der Waals surface area contributed by atoms with Crippen LogP contribution in [0.1, 0.15) is 0 Å². The normalized spacial score (nSPS) is 11.9. The lowest BCUT2D eigenvalue weighted by molar-refractivity contribution is 1.18. The van der Waals surface area contributed by atoms with Crippen molar-refractivity contribution in [3.63, 3.8) is 0 Å². The largest absolute Gasteiger partial charge is 0.309 e. The van der Waals surface area contributed by atoms with Gasteiger partial charge in [0.1, 0.15) is 0 Å². The van der Waals surface area contributed by atoms with Crippen LogP contribution in [0.4, 0.5) is 0 Å². The Morgan fingerprint density at radius 1 is 0.314 bits per heavy atom. The molecule has 0 unspecified atom stereocenters. The summed E-state index contributed by atoms with van der Waals surface area (Å²) < 4.78 is 7.49. The van der Waals surface area contributed by atoms with Crippen LogP contribution in [0.25, 0.3) is 97.4 Å². The Kier molecular flexibility index (Phi) is 6.16. The van der Waals surface area contributed by atoms with Gasteiger partial charge in [0.15, 0.2) is 0 Å². The summed E-state index contributed by atoms with van der Waals surface area (Å²) >= 11 is 1.87. The van der Waals surface area contributed by atoms with Gasteiger partial charge >= 0.3 is 0 Å². The van der Waals surface area contributed by atoms with Crippen molar-refractivity contribution in [2.24, 2.45) is 0 Å². The third-order valence-electron chi connectivity index (χ3n) is 10.5. The lowest BCUT2D eigenvalue weighted by Crippen LogP contribution is -1.94. The lowest BCUT2D eigenvalue weighted by atomic mass is 9.99. The molecule has 238 valence electrons. The number of rotatable bonds is 4. The minimum absolute atomic E-state index is 1.17. The first-order chi connectivity index (χ1) is 25.3. The predicted octanol–water partition coefficient (Wildman–Crippen LogP) is 13.6. The van der Waals surface area contributed by atoms with Crippen molar-refractivity contribution < 1.29 is 0 Å². The van der Waals surface area contributed by atoms with Crippen LogP contribution < -0.4 is 0 Å². The van der Waals surface area contributed by atoms with Crippen molar-refractivity contribution >= 4 is 75.1 Å². The second-order valence-electron chi connectivity index (χ2n) is 13.3. The maximum absolute atomic E-state index is 2.49. The zero-order valence-corrected chi connectivity index (χ0v) is 28.4. The molecule has 0 saturated carbocycles. The first-order valence-corrected chi connectivity index (χ1v) is 18.3. The van der Waals surface area contributed by atoms with E-state index >= 15 is 0 Å². The second-order valence-corrected chi connectivity index (χ2v) is 14.4. The summed E-state index contributed by atoms with van der Waals surface area (Å²) in [7, 11) is 0. The fourth-order valence-electron chi connectivity index (χ4n) is 8.22. The molecule has 0 aliphatic rings. The quantitative estimate of drug-likeness (QED) is 0.177. The standard InChI is InChI=1S/C48H30N2S/c1-3-12-31(13-4-1)32-22-26-43-39(28-32)40-30-34(24-27-44(40)50(43)45-19-11-21-47-48(45)37-17-8-10-20-46(37)51-47)33-23-25-42-38(29-33)36-16-7-9-18-41(36)49(42)35-14-5-2-6-15-35/h1-30H. The first kappa shape index (κ1) is 28.4. The van der Waals surface area contributed by atoms with Crippen molar-refractivity contribution in [1.82, 2.24) is 9.13 Å². The summed E-state index contributed by atoms with van der Waals surface area (Å²) in [5.74, 6) is 0. The number of nitrogens with zero attached hydrogens (tertiary/aromatic N) is 2. The van der Waals surface area contributed by atoms with E-state index in [1.165, 1.54) is 97.4 Å². The monoisotopic (exact) mass is 666 g/mol. The van der Waals surface area contributed by atoms with Crippen LogP contribution in [0.3, 0.4) is 0 Å². The summed E-state index contributed by atoms with van der Waals surface area (Å²) in [4.78, 5) is 0. The van der Waals surface area contributed by atoms with E-state index in [1.807, 2.05) is 11.3 Å². The average molecular weight is 667 g/mol. The molecule has 2 nitrogen and oxygen atoms in total. The van der Waals surface area contributed by atoms with Crippen LogP contribution in [-0.4, -0.2) is 9.13 Å². The lowest BCUT2D eigenvalue weighted by Gasteiger charge is -2.11. The number of hydrogen-bond donors (Lipinski definition) is 0. The molecule has 3 heterocycles. The van der Waals surface area contributed by atoms with E-state index in [1.54, 1.807) is 0 Å². The predicted molar refractivity (Wildman–Crippen MR) is 219 cm³/mol. The second kappa shape index (κ2) is 11.0. The minimum Gasteiger partial charge on any atom is -0.309 e. The first-order valence-electron chi connectivity index (χ1n) is 17.4. The molecule has 0 N–H and O–H groups in total. The molecule has 0 spiro atoms. The minimum atomic E-state index is 1.17. The number of hydrogen-bond acceptors (Lipinski definition) is 1. The zero-order valence-electron chi connectivity index (χ0n) is 27.6. The van der Waals surface area contributed by atoms with E-state index in [-0.39, 0.29) is 0 Å². The van der Waals surface area contributed by atoms with Crippen LogP contribution in [0.15, 0.2) is 182 Å². The van der Waals surface area contributed by atoms with Gasteiger partial charge < -0.3 is 9.13 Å². The maximum atomic E-state index is 2.49. The Bertz CT molecular complexity index is 3130. The fourth-order valence-corrected chi connectivity index (χ4v) is 9.35. The Balaban J connectivity index is 1.17. The van der Waals surface area contributed by atoms with Gasteiger partial charge in [-0.05, 0) is 95.1 Å². The Labute approximate surface area is 298 Å². The highest BCUT2D eigenvalue weighted by atomic mass is 32.1. The molecule has 0 radical (unpaired) electrons. The number of para-hydroxylation sites is 2. The van der Waals surface area contributed by atoms with Crippen LogP contribution in [0.2, 0.25) is 0 Å². The summed E-state index contributed by atoms with van der Waals surface area (Å²) in [5.41, 5.74) is 12.1. The summed E-state index contributed by atoms with van der Waals surface area (Å²) in [6.07, 6.45) is 0.